The predicted octanol–water partition coefficient (Wildman–Crippen LogP) is 1.14. The maximum absolute atomic E-state index is 13.5. The Balaban J connectivity index is 1.54. The zero-order valence-corrected chi connectivity index (χ0v) is 14.7. The third-order valence-corrected chi connectivity index (χ3v) is 6.46. The third kappa shape index (κ3) is 3.97. The Hall–Kier alpha value is -1.23. The van der Waals surface area contributed by atoms with Crippen molar-refractivity contribution in [2.24, 2.45) is 5.41 Å². The molecule has 0 aromatic heterocycles. The van der Waals surface area contributed by atoms with Gasteiger partial charge in [-0.1, -0.05) is 0 Å². The summed E-state index contributed by atoms with van der Waals surface area (Å²) in [5, 5.41) is 22.2. The Morgan fingerprint density at radius 3 is 2.56 bits per heavy atom. The molecule has 2 heterocycles. The summed E-state index contributed by atoms with van der Waals surface area (Å²) in [5.74, 6) is -0.258. The minimum atomic E-state index is -1.12. The summed E-state index contributed by atoms with van der Waals surface area (Å²) in [5.41, 5.74) is -0.124. The molecule has 3 aliphatic rings. The van der Waals surface area contributed by atoms with Crippen molar-refractivity contribution in [3.8, 4) is 6.07 Å². The van der Waals surface area contributed by atoms with Crippen molar-refractivity contribution in [1.82, 2.24) is 10.2 Å². The highest BCUT2D eigenvalue weighted by molar-refractivity contribution is 5.79. The van der Waals surface area contributed by atoms with Crippen LogP contribution in [0.15, 0.2) is 0 Å². The molecule has 7 heteroatoms. The molecule has 3 fully saturated rings. The van der Waals surface area contributed by atoms with Crippen molar-refractivity contribution < 1.29 is 19.0 Å². The molecular formula is C18H28FN3O3. The van der Waals surface area contributed by atoms with E-state index in [0.717, 1.165) is 51.7 Å². The van der Waals surface area contributed by atoms with E-state index in [0.29, 0.717) is 5.41 Å². The highest BCUT2D eigenvalue weighted by atomic mass is 19.1. The van der Waals surface area contributed by atoms with E-state index < -0.39 is 17.8 Å². The maximum Gasteiger partial charge on any atom is 0.237 e. The van der Waals surface area contributed by atoms with Crippen molar-refractivity contribution in [2.75, 3.05) is 32.9 Å². The number of nitrogens with one attached hydrogen (secondary N) is 1. The van der Waals surface area contributed by atoms with Crippen LogP contribution in [-0.2, 0) is 9.53 Å². The van der Waals surface area contributed by atoms with E-state index >= 15 is 0 Å². The van der Waals surface area contributed by atoms with Crippen molar-refractivity contribution in [3.05, 3.63) is 0 Å². The van der Waals surface area contributed by atoms with Crippen LogP contribution in [0.1, 0.15) is 44.9 Å². The molecule has 0 aromatic carbocycles. The largest absolute Gasteiger partial charge is 0.394 e. The summed E-state index contributed by atoms with van der Waals surface area (Å²) in [6.07, 6.45) is 4.81. The maximum atomic E-state index is 13.5. The van der Waals surface area contributed by atoms with Crippen molar-refractivity contribution in [1.29, 1.82) is 5.26 Å². The van der Waals surface area contributed by atoms with Crippen LogP contribution in [0.5, 0.6) is 0 Å². The lowest BCUT2D eigenvalue weighted by atomic mass is 9.64. The monoisotopic (exact) mass is 353 g/mol. The number of aliphatic hydroxyl groups is 1. The lowest BCUT2D eigenvalue weighted by Crippen LogP contribution is -2.56. The van der Waals surface area contributed by atoms with Gasteiger partial charge in [0.2, 0.25) is 5.91 Å². The molecule has 2 atom stereocenters. The molecule has 0 bridgehead atoms. The first-order valence-corrected chi connectivity index (χ1v) is 9.28. The second kappa shape index (κ2) is 7.56. The van der Waals surface area contributed by atoms with E-state index in [1.807, 2.05) is 6.07 Å². The molecule has 6 nitrogen and oxygen atoms in total. The topological polar surface area (TPSA) is 85.6 Å². The van der Waals surface area contributed by atoms with Crippen molar-refractivity contribution >= 4 is 5.91 Å². The summed E-state index contributed by atoms with van der Waals surface area (Å²) < 4.78 is 19.0. The van der Waals surface area contributed by atoms with Crippen LogP contribution in [-0.4, -0.2) is 66.6 Å². The second-order valence-electron chi connectivity index (χ2n) is 7.93. The summed E-state index contributed by atoms with van der Waals surface area (Å²) in [6, 6.07) is 1.33. The molecule has 2 N–H and O–H groups in total. The van der Waals surface area contributed by atoms with Gasteiger partial charge < -0.3 is 20.1 Å². The fourth-order valence-electron chi connectivity index (χ4n) is 4.50. The van der Waals surface area contributed by atoms with Crippen LogP contribution < -0.4 is 5.32 Å². The molecule has 1 amide bonds. The molecule has 25 heavy (non-hydrogen) atoms. The Morgan fingerprint density at radius 1 is 1.28 bits per heavy atom. The van der Waals surface area contributed by atoms with Gasteiger partial charge in [-0.25, -0.2) is 4.39 Å². The molecule has 1 spiro atoms. The number of rotatable bonds is 4. The third-order valence-electron chi connectivity index (χ3n) is 6.46. The summed E-state index contributed by atoms with van der Waals surface area (Å²) in [7, 11) is 0. The summed E-state index contributed by atoms with van der Waals surface area (Å²) in [4.78, 5) is 13.7. The molecular weight excluding hydrogens is 325 g/mol. The molecule has 0 radical (unpaired) electrons. The number of alkyl halides is 1. The summed E-state index contributed by atoms with van der Waals surface area (Å²) in [6.45, 7) is 1.65. The van der Waals surface area contributed by atoms with E-state index in [9.17, 15) is 14.3 Å². The normalized spacial score (nSPS) is 31.0. The lowest BCUT2D eigenvalue weighted by Gasteiger charge is -2.48. The highest BCUT2D eigenvalue weighted by Gasteiger charge is 2.43. The van der Waals surface area contributed by atoms with Gasteiger partial charge >= 0.3 is 0 Å². The number of likely N-dealkylation sites (tertiary alicyclic amines) is 1. The number of amides is 1. The Bertz CT molecular complexity index is 520. The second-order valence-corrected chi connectivity index (χ2v) is 7.93. The number of hydrogen-bond donors (Lipinski definition) is 2. The molecule has 2 saturated heterocycles. The van der Waals surface area contributed by atoms with Gasteiger partial charge in [0.1, 0.15) is 12.2 Å². The van der Waals surface area contributed by atoms with Gasteiger partial charge in [-0.3, -0.25) is 4.79 Å². The lowest BCUT2D eigenvalue weighted by molar-refractivity contribution is -0.131. The zero-order valence-electron chi connectivity index (χ0n) is 14.7. The van der Waals surface area contributed by atoms with E-state index in [1.54, 1.807) is 0 Å². The Labute approximate surface area is 148 Å². The number of nitrogens with zero attached hydrogens (tertiary/aromatic N) is 2. The van der Waals surface area contributed by atoms with E-state index in [1.165, 1.54) is 4.90 Å². The van der Waals surface area contributed by atoms with Gasteiger partial charge in [-0.05, 0) is 43.9 Å². The average Bonchev–Trinajstić information content (AvgIpc) is 3.03. The van der Waals surface area contributed by atoms with Gasteiger partial charge in [0, 0.05) is 25.2 Å². The molecule has 140 valence electrons. The quantitative estimate of drug-likeness (QED) is 0.792. The minimum absolute atomic E-state index is 0.00598. The van der Waals surface area contributed by atoms with Crippen molar-refractivity contribution in [3.63, 3.8) is 0 Å². The standard InChI is InChI=1S/C18H28FN3O3/c19-14-9-15(10-20)22(12-14)16(24)11-21-18(13-23)3-1-17(2-4-18)5-7-25-8-6-17/h14-15,21,23H,1-9,11-13H2. The van der Waals surface area contributed by atoms with Crippen LogP contribution >= 0.6 is 0 Å². The number of carbonyl (C=O) groups is 1. The van der Waals surface area contributed by atoms with Crippen LogP contribution in [0.25, 0.3) is 0 Å². The SMILES string of the molecule is N#CC1CC(F)CN1C(=O)CNC1(CO)CCC2(CCOCC2)CC1. The fourth-order valence-corrected chi connectivity index (χ4v) is 4.50. The Kier molecular flexibility index (Phi) is 5.62. The molecule has 2 aliphatic heterocycles. The van der Waals surface area contributed by atoms with Crippen LogP contribution in [0, 0.1) is 16.7 Å². The smallest absolute Gasteiger partial charge is 0.237 e. The van der Waals surface area contributed by atoms with Gasteiger partial charge in [0.25, 0.3) is 0 Å². The molecule has 1 saturated carbocycles. The van der Waals surface area contributed by atoms with Crippen molar-refractivity contribution in [2.45, 2.75) is 62.7 Å². The zero-order chi connectivity index (χ0) is 17.9. The molecule has 1 aliphatic carbocycles. The predicted molar refractivity (Wildman–Crippen MR) is 89.4 cm³/mol. The number of aliphatic hydroxyl groups excluding tert-OH is 1. The van der Waals surface area contributed by atoms with Crippen LogP contribution in [0.3, 0.4) is 0 Å². The Morgan fingerprint density at radius 2 is 1.96 bits per heavy atom. The summed E-state index contributed by atoms with van der Waals surface area (Å²) >= 11 is 0. The number of hydrogen-bond acceptors (Lipinski definition) is 5. The van der Waals surface area contributed by atoms with Gasteiger partial charge in [-0.2, -0.15) is 5.26 Å². The van der Waals surface area contributed by atoms with Crippen LogP contribution in [0.2, 0.25) is 0 Å². The first-order chi connectivity index (χ1) is 12.0. The van der Waals surface area contributed by atoms with Gasteiger partial charge in [-0.15, -0.1) is 0 Å². The van der Waals surface area contributed by atoms with E-state index in [4.69, 9.17) is 10.00 Å². The first-order valence-electron chi connectivity index (χ1n) is 9.28. The number of ether oxygens (including phenoxy) is 1. The van der Waals surface area contributed by atoms with Gasteiger partial charge in [0.05, 0.1) is 25.8 Å². The van der Waals surface area contributed by atoms with E-state index in [2.05, 4.69) is 5.32 Å². The number of halogens is 1. The highest BCUT2D eigenvalue weighted by Crippen LogP contribution is 2.47. The molecule has 0 aromatic rings. The average molecular weight is 353 g/mol. The van der Waals surface area contributed by atoms with E-state index in [-0.39, 0.29) is 32.0 Å². The fraction of sp³-hybridized carbons (Fsp3) is 0.889. The molecule has 3 rings (SSSR count). The first kappa shape index (κ1) is 18.6. The number of nitriles is 1. The minimum Gasteiger partial charge on any atom is -0.394 e. The number of carbonyl (C=O) groups excluding carboxylic acids is 1. The van der Waals surface area contributed by atoms with Crippen LogP contribution in [0.4, 0.5) is 4.39 Å². The van der Waals surface area contributed by atoms with Gasteiger partial charge in [0.15, 0.2) is 0 Å². The molecule has 2 unspecified atom stereocenters.